The van der Waals surface area contributed by atoms with Gasteiger partial charge in [0.1, 0.15) is 0 Å². The van der Waals surface area contributed by atoms with Gasteiger partial charge in [-0.2, -0.15) is 0 Å². The zero-order valence-electron chi connectivity index (χ0n) is 16.0. The third-order valence-electron chi connectivity index (χ3n) is 4.48. The Morgan fingerprint density at radius 3 is 2.38 bits per heavy atom. The lowest BCUT2D eigenvalue weighted by atomic mass is 10.1. The number of hydrogen-bond acceptors (Lipinski definition) is 4. The van der Waals surface area contributed by atoms with Gasteiger partial charge in [-0.1, -0.05) is 36.4 Å². The number of rotatable bonds is 9. The Hall–Kier alpha value is -2.53. The summed E-state index contributed by atoms with van der Waals surface area (Å²) in [6.07, 6.45) is 0.737. The van der Waals surface area contributed by atoms with Crippen molar-refractivity contribution in [3.05, 3.63) is 59.7 Å². The molecular formula is C21H28N2O3. The molecule has 2 rings (SSSR count). The SMILES string of the molecule is COc1ccc(CCNC(=O)[C@H](C)N(C)Cc2ccccc2)cc1OC. The predicted octanol–water partition coefficient (Wildman–Crippen LogP) is 2.88. The molecule has 5 heteroatoms. The van der Waals surface area contributed by atoms with Gasteiger partial charge < -0.3 is 14.8 Å². The molecule has 5 nitrogen and oxygen atoms in total. The highest BCUT2D eigenvalue weighted by molar-refractivity contribution is 5.81. The van der Waals surface area contributed by atoms with E-state index in [9.17, 15) is 4.79 Å². The van der Waals surface area contributed by atoms with Gasteiger partial charge in [-0.3, -0.25) is 9.69 Å². The maximum atomic E-state index is 12.4. The summed E-state index contributed by atoms with van der Waals surface area (Å²) >= 11 is 0. The van der Waals surface area contributed by atoms with E-state index < -0.39 is 0 Å². The fourth-order valence-electron chi connectivity index (χ4n) is 2.72. The van der Waals surface area contributed by atoms with Crippen LogP contribution in [-0.4, -0.2) is 44.7 Å². The van der Waals surface area contributed by atoms with Crippen LogP contribution in [-0.2, 0) is 17.8 Å². The first kappa shape index (κ1) is 19.8. The largest absolute Gasteiger partial charge is 0.493 e. The van der Waals surface area contributed by atoms with Crippen LogP contribution >= 0.6 is 0 Å². The van der Waals surface area contributed by atoms with E-state index in [1.807, 2.05) is 55.3 Å². The Morgan fingerprint density at radius 1 is 1.04 bits per heavy atom. The molecule has 0 fully saturated rings. The minimum absolute atomic E-state index is 0.0314. The first-order valence-electron chi connectivity index (χ1n) is 8.78. The van der Waals surface area contributed by atoms with E-state index in [1.165, 1.54) is 5.56 Å². The lowest BCUT2D eigenvalue weighted by molar-refractivity contribution is -0.125. The lowest BCUT2D eigenvalue weighted by Gasteiger charge is -2.24. The van der Waals surface area contributed by atoms with Crippen molar-refractivity contribution in [2.24, 2.45) is 0 Å². The van der Waals surface area contributed by atoms with E-state index >= 15 is 0 Å². The Morgan fingerprint density at radius 2 is 1.73 bits per heavy atom. The number of carbonyl (C=O) groups is 1. The van der Waals surface area contributed by atoms with Gasteiger partial charge in [0.25, 0.3) is 0 Å². The van der Waals surface area contributed by atoms with E-state index in [0.29, 0.717) is 18.0 Å². The Bertz CT molecular complexity index is 704. The molecule has 0 heterocycles. The Balaban J connectivity index is 1.82. The minimum Gasteiger partial charge on any atom is -0.493 e. The third kappa shape index (κ3) is 5.49. The normalized spacial score (nSPS) is 11.9. The first-order valence-corrected chi connectivity index (χ1v) is 8.78. The van der Waals surface area contributed by atoms with Crippen LogP contribution in [0.2, 0.25) is 0 Å². The predicted molar refractivity (Wildman–Crippen MR) is 104 cm³/mol. The number of benzene rings is 2. The number of nitrogens with one attached hydrogen (secondary N) is 1. The van der Waals surface area contributed by atoms with Gasteiger partial charge in [0.15, 0.2) is 11.5 Å². The first-order chi connectivity index (χ1) is 12.5. The van der Waals surface area contributed by atoms with Gasteiger partial charge in [0.2, 0.25) is 5.91 Å². The quantitative estimate of drug-likeness (QED) is 0.751. The van der Waals surface area contributed by atoms with Crippen molar-refractivity contribution in [1.29, 1.82) is 0 Å². The van der Waals surface area contributed by atoms with Crippen molar-refractivity contribution in [1.82, 2.24) is 10.2 Å². The van der Waals surface area contributed by atoms with Crippen molar-refractivity contribution in [3.63, 3.8) is 0 Å². The molecule has 2 aromatic rings. The second kappa shape index (κ2) is 9.82. The van der Waals surface area contributed by atoms with Gasteiger partial charge >= 0.3 is 0 Å². The number of ether oxygens (including phenoxy) is 2. The Labute approximate surface area is 155 Å². The number of hydrogen-bond donors (Lipinski definition) is 1. The highest BCUT2D eigenvalue weighted by Crippen LogP contribution is 2.27. The summed E-state index contributed by atoms with van der Waals surface area (Å²) in [6, 6.07) is 15.8. The average molecular weight is 356 g/mol. The second-order valence-corrected chi connectivity index (χ2v) is 6.31. The minimum atomic E-state index is -0.194. The van der Waals surface area contributed by atoms with Crippen molar-refractivity contribution >= 4 is 5.91 Å². The molecular weight excluding hydrogens is 328 g/mol. The van der Waals surface area contributed by atoms with E-state index in [-0.39, 0.29) is 11.9 Å². The summed E-state index contributed by atoms with van der Waals surface area (Å²) in [5.74, 6) is 1.44. The molecule has 0 aliphatic rings. The monoisotopic (exact) mass is 356 g/mol. The molecule has 0 bridgehead atoms. The maximum absolute atomic E-state index is 12.4. The van der Waals surface area contributed by atoms with Crippen LogP contribution in [0.15, 0.2) is 48.5 Å². The highest BCUT2D eigenvalue weighted by atomic mass is 16.5. The number of likely N-dealkylation sites (N-methyl/N-ethyl adjacent to an activating group) is 1. The van der Waals surface area contributed by atoms with E-state index in [0.717, 1.165) is 18.5 Å². The van der Waals surface area contributed by atoms with Crippen molar-refractivity contribution < 1.29 is 14.3 Å². The zero-order chi connectivity index (χ0) is 18.9. The molecule has 0 saturated carbocycles. The van der Waals surface area contributed by atoms with Crippen molar-refractivity contribution in [2.75, 3.05) is 27.8 Å². The molecule has 2 aromatic carbocycles. The summed E-state index contributed by atoms with van der Waals surface area (Å²) in [4.78, 5) is 14.4. The molecule has 140 valence electrons. The number of methoxy groups -OCH3 is 2. The molecule has 0 aliphatic heterocycles. The molecule has 0 saturated heterocycles. The topological polar surface area (TPSA) is 50.8 Å². The standard InChI is InChI=1S/C21H28N2O3/c1-16(23(2)15-18-8-6-5-7-9-18)21(24)22-13-12-17-10-11-19(25-3)20(14-17)26-4/h5-11,14,16H,12-13,15H2,1-4H3,(H,22,24)/t16-/m0/s1. The molecule has 1 atom stereocenters. The second-order valence-electron chi connectivity index (χ2n) is 6.31. The van der Waals surface area contributed by atoms with E-state index in [2.05, 4.69) is 17.4 Å². The molecule has 0 spiro atoms. The van der Waals surface area contributed by atoms with Gasteiger partial charge in [0.05, 0.1) is 20.3 Å². The van der Waals surface area contributed by atoms with Crippen LogP contribution in [0.4, 0.5) is 0 Å². The van der Waals surface area contributed by atoms with Gasteiger partial charge in [-0.25, -0.2) is 0 Å². The molecule has 0 radical (unpaired) electrons. The fraction of sp³-hybridized carbons (Fsp3) is 0.381. The van der Waals surface area contributed by atoms with E-state index in [4.69, 9.17) is 9.47 Å². The summed E-state index contributed by atoms with van der Waals surface area (Å²) in [6.45, 7) is 3.25. The molecule has 1 amide bonds. The molecule has 0 unspecified atom stereocenters. The number of amides is 1. The average Bonchev–Trinajstić information content (AvgIpc) is 2.67. The highest BCUT2D eigenvalue weighted by Gasteiger charge is 2.17. The fourth-order valence-corrected chi connectivity index (χ4v) is 2.72. The van der Waals surface area contributed by atoms with E-state index in [1.54, 1.807) is 14.2 Å². The zero-order valence-corrected chi connectivity index (χ0v) is 16.0. The van der Waals surface area contributed by atoms with Gasteiger partial charge in [0, 0.05) is 13.1 Å². The summed E-state index contributed by atoms with van der Waals surface area (Å²) < 4.78 is 10.6. The smallest absolute Gasteiger partial charge is 0.237 e. The summed E-state index contributed by atoms with van der Waals surface area (Å²) in [5, 5.41) is 3.01. The lowest BCUT2D eigenvalue weighted by Crippen LogP contribution is -2.43. The van der Waals surface area contributed by atoms with Crippen molar-refractivity contribution in [2.45, 2.75) is 25.9 Å². The van der Waals surface area contributed by atoms with Crippen LogP contribution in [0.3, 0.4) is 0 Å². The number of nitrogens with zero attached hydrogens (tertiary/aromatic N) is 1. The molecule has 1 N–H and O–H groups in total. The Kier molecular flexibility index (Phi) is 7.48. The van der Waals surface area contributed by atoms with Crippen LogP contribution in [0.1, 0.15) is 18.1 Å². The molecule has 0 aromatic heterocycles. The number of carbonyl (C=O) groups excluding carboxylic acids is 1. The molecule has 26 heavy (non-hydrogen) atoms. The maximum Gasteiger partial charge on any atom is 0.237 e. The van der Waals surface area contributed by atoms with Gasteiger partial charge in [-0.15, -0.1) is 0 Å². The van der Waals surface area contributed by atoms with Crippen molar-refractivity contribution in [3.8, 4) is 11.5 Å². The summed E-state index contributed by atoms with van der Waals surface area (Å²) in [7, 11) is 5.20. The van der Waals surface area contributed by atoms with Crippen LogP contribution < -0.4 is 14.8 Å². The summed E-state index contributed by atoms with van der Waals surface area (Å²) in [5.41, 5.74) is 2.29. The van der Waals surface area contributed by atoms with Crippen LogP contribution in [0, 0.1) is 0 Å². The van der Waals surface area contributed by atoms with Crippen LogP contribution in [0.5, 0.6) is 11.5 Å². The third-order valence-corrected chi connectivity index (χ3v) is 4.48. The molecule has 0 aliphatic carbocycles. The van der Waals surface area contributed by atoms with Crippen LogP contribution in [0.25, 0.3) is 0 Å². The van der Waals surface area contributed by atoms with Gasteiger partial charge in [-0.05, 0) is 43.7 Å².